The fourth-order valence-corrected chi connectivity index (χ4v) is 3.64. The second kappa shape index (κ2) is 9.42. The zero-order valence-electron chi connectivity index (χ0n) is 17.4. The lowest BCUT2D eigenvalue weighted by atomic mass is 9.95. The molecule has 2 amide bonds. The van der Waals surface area contributed by atoms with Crippen molar-refractivity contribution in [3.63, 3.8) is 0 Å². The molecule has 0 atom stereocenters. The predicted octanol–water partition coefficient (Wildman–Crippen LogP) is 3.36. The van der Waals surface area contributed by atoms with E-state index in [1.54, 1.807) is 17.2 Å². The number of aromatic nitrogens is 3. The second-order valence-corrected chi connectivity index (χ2v) is 7.39. The molecule has 0 saturated carbocycles. The number of likely N-dealkylation sites (tertiary alicyclic amines) is 1. The average molecular weight is 419 g/mol. The number of ether oxygens (including phenoxy) is 1. The lowest BCUT2D eigenvalue weighted by molar-refractivity contribution is -0.121. The van der Waals surface area contributed by atoms with E-state index in [1.165, 1.54) is 0 Å². The molecule has 3 heterocycles. The van der Waals surface area contributed by atoms with Crippen molar-refractivity contribution < 1.29 is 14.3 Å². The summed E-state index contributed by atoms with van der Waals surface area (Å²) in [5.41, 5.74) is 2.51. The molecular formula is C23H25N5O3. The van der Waals surface area contributed by atoms with Gasteiger partial charge in [0.15, 0.2) is 0 Å². The van der Waals surface area contributed by atoms with Crippen molar-refractivity contribution in [1.29, 1.82) is 0 Å². The van der Waals surface area contributed by atoms with Crippen molar-refractivity contribution in [3.05, 3.63) is 60.4 Å². The van der Waals surface area contributed by atoms with E-state index >= 15 is 0 Å². The number of amides is 2. The molecule has 8 nitrogen and oxygen atoms in total. The molecule has 1 aromatic carbocycles. The topological polar surface area (TPSA) is 100 Å². The Morgan fingerprint density at radius 1 is 1.13 bits per heavy atom. The smallest absolute Gasteiger partial charge is 0.271 e. The number of nitrogens with zero attached hydrogens (tertiary/aromatic N) is 3. The lowest BCUT2D eigenvalue weighted by Gasteiger charge is -2.31. The lowest BCUT2D eigenvalue weighted by Crippen LogP contribution is -2.41. The molecule has 0 aliphatic carbocycles. The summed E-state index contributed by atoms with van der Waals surface area (Å²) >= 11 is 0. The highest BCUT2D eigenvalue weighted by molar-refractivity contribution is 5.94. The summed E-state index contributed by atoms with van der Waals surface area (Å²) in [6, 6.07) is 14.6. The molecule has 0 spiro atoms. The van der Waals surface area contributed by atoms with Crippen molar-refractivity contribution in [2.75, 3.05) is 25.0 Å². The van der Waals surface area contributed by atoms with Crippen molar-refractivity contribution in [2.45, 2.75) is 19.8 Å². The predicted molar refractivity (Wildman–Crippen MR) is 117 cm³/mol. The van der Waals surface area contributed by atoms with Crippen LogP contribution in [0.3, 0.4) is 0 Å². The zero-order chi connectivity index (χ0) is 21.6. The number of rotatable bonds is 6. The van der Waals surface area contributed by atoms with Crippen LogP contribution in [0.4, 0.5) is 5.69 Å². The van der Waals surface area contributed by atoms with E-state index in [4.69, 9.17) is 4.74 Å². The normalized spacial score (nSPS) is 14.3. The number of anilines is 1. The van der Waals surface area contributed by atoms with E-state index in [0.717, 1.165) is 11.4 Å². The van der Waals surface area contributed by atoms with Gasteiger partial charge in [-0.3, -0.25) is 19.7 Å². The fraction of sp³-hybridized carbons (Fsp3) is 0.304. The van der Waals surface area contributed by atoms with Gasteiger partial charge in [-0.25, -0.2) is 0 Å². The summed E-state index contributed by atoms with van der Waals surface area (Å²) in [6.45, 7) is 3.58. The van der Waals surface area contributed by atoms with Gasteiger partial charge in [0, 0.05) is 30.9 Å². The van der Waals surface area contributed by atoms with Crippen LogP contribution < -0.4 is 10.1 Å². The second-order valence-electron chi connectivity index (χ2n) is 7.39. The monoisotopic (exact) mass is 419 g/mol. The summed E-state index contributed by atoms with van der Waals surface area (Å²) in [5.74, 6) is 0.522. The number of aromatic amines is 1. The third-order valence-electron chi connectivity index (χ3n) is 5.32. The molecular weight excluding hydrogens is 394 g/mol. The molecule has 3 aromatic rings. The van der Waals surface area contributed by atoms with Gasteiger partial charge in [0.25, 0.3) is 5.91 Å². The standard InChI is InChI=1S/C23H25N5O3/c1-2-31-18-8-6-17(7-9-18)25-22(29)16-10-13-28(14-11-16)23(30)21-15-20(26-27-21)19-5-3-4-12-24-19/h3-9,12,15-16H,2,10-11,13-14H2,1H3,(H,25,29)(H,26,27). The van der Waals surface area contributed by atoms with Crippen LogP contribution in [0.5, 0.6) is 5.75 Å². The first-order chi connectivity index (χ1) is 15.1. The first-order valence-electron chi connectivity index (χ1n) is 10.4. The third kappa shape index (κ3) is 4.91. The number of hydrogen-bond donors (Lipinski definition) is 2. The molecule has 1 aliphatic rings. The number of carbonyl (C=O) groups is 2. The molecule has 1 aliphatic heterocycles. The van der Waals surface area contributed by atoms with Crippen LogP contribution in [-0.4, -0.2) is 51.6 Å². The van der Waals surface area contributed by atoms with Crippen molar-refractivity contribution in [2.24, 2.45) is 5.92 Å². The Kier molecular flexibility index (Phi) is 6.26. The summed E-state index contributed by atoms with van der Waals surface area (Å²) in [7, 11) is 0. The van der Waals surface area contributed by atoms with E-state index in [2.05, 4.69) is 20.5 Å². The molecule has 0 bridgehead atoms. The van der Waals surface area contributed by atoms with E-state index in [9.17, 15) is 9.59 Å². The van der Waals surface area contributed by atoms with Crippen LogP contribution in [-0.2, 0) is 4.79 Å². The van der Waals surface area contributed by atoms with Crippen LogP contribution in [0.2, 0.25) is 0 Å². The SMILES string of the molecule is CCOc1ccc(NC(=O)C2CCN(C(=O)c3cc(-c4ccccn4)n[nH]3)CC2)cc1. The maximum atomic E-state index is 12.8. The Balaban J connectivity index is 1.30. The van der Waals surface area contributed by atoms with Gasteiger partial charge in [-0.1, -0.05) is 6.07 Å². The number of hydrogen-bond acceptors (Lipinski definition) is 5. The number of pyridine rings is 1. The van der Waals surface area contributed by atoms with Gasteiger partial charge in [0.05, 0.1) is 12.3 Å². The van der Waals surface area contributed by atoms with Gasteiger partial charge >= 0.3 is 0 Å². The molecule has 0 radical (unpaired) electrons. The average Bonchev–Trinajstić information content (AvgIpc) is 3.31. The van der Waals surface area contributed by atoms with Crippen LogP contribution in [0.15, 0.2) is 54.7 Å². The Morgan fingerprint density at radius 2 is 1.90 bits per heavy atom. The molecule has 0 unspecified atom stereocenters. The Hall–Kier alpha value is -3.68. The number of carbonyl (C=O) groups excluding carboxylic acids is 2. The van der Waals surface area contributed by atoms with Crippen LogP contribution in [0.25, 0.3) is 11.4 Å². The maximum Gasteiger partial charge on any atom is 0.271 e. The number of piperidine rings is 1. The first kappa shape index (κ1) is 20.6. The zero-order valence-corrected chi connectivity index (χ0v) is 17.4. The fourth-order valence-electron chi connectivity index (χ4n) is 3.64. The van der Waals surface area contributed by atoms with Crippen LogP contribution in [0.1, 0.15) is 30.3 Å². The minimum atomic E-state index is -0.124. The number of H-pyrrole nitrogens is 1. The summed E-state index contributed by atoms with van der Waals surface area (Å²) < 4.78 is 5.42. The van der Waals surface area contributed by atoms with Crippen LogP contribution >= 0.6 is 0 Å². The van der Waals surface area contributed by atoms with Gasteiger partial charge in [0.2, 0.25) is 5.91 Å². The van der Waals surface area contributed by atoms with Gasteiger partial charge in [0.1, 0.15) is 17.1 Å². The van der Waals surface area contributed by atoms with Crippen molar-refractivity contribution >= 4 is 17.5 Å². The summed E-state index contributed by atoms with van der Waals surface area (Å²) in [5, 5.41) is 9.97. The third-order valence-corrected chi connectivity index (χ3v) is 5.32. The van der Waals surface area contributed by atoms with E-state index in [1.807, 2.05) is 49.4 Å². The minimum absolute atomic E-state index is 0.0183. The number of nitrogens with one attached hydrogen (secondary N) is 2. The van der Waals surface area contributed by atoms with Gasteiger partial charge < -0.3 is 15.0 Å². The van der Waals surface area contributed by atoms with E-state index < -0.39 is 0 Å². The molecule has 2 N–H and O–H groups in total. The van der Waals surface area contributed by atoms with E-state index in [0.29, 0.717) is 49.6 Å². The quantitative estimate of drug-likeness (QED) is 0.638. The summed E-state index contributed by atoms with van der Waals surface area (Å²) in [6.07, 6.45) is 2.93. The van der Waals surface area contributed by atoms with Crippen LogP contribution in [0, 0.1) is 5.92 Å². The van der Waals surface area contributed by atoms with Crippen molar-refractivity contribution in [1.82, 2.24) is 20.1 Å². The van der Waals surface area contributed by atoms with Crippen molar-refractivity contribution in [3.8, 4) is 17.1 Å². The van der Waals surface area contributed by atoms with Gasteiger partial charge in [-0.05, 0) is 62.2 Å². The van der Waals surface area contributed by atoms with Gasteiger partial charge in [-0.15, -0.1) is 0 Å². The Bertz CT molecular complexity index is 1020. The highest BCUT2D eigenvalue weighted by Gasteiger charge is 2.28. The molecule has 1 fully saturated rings. The molecule has 4 rings (SSSR count). The van der Waals surface area contributed by atoms with E-state index in [-0.39, 0.29) is 17.7 Å². The molecule has 1 saturated heterocycles. The maximum absolute atomic E-state index is 12.8. The highest BCUT2D eigenvalue weighted by atomic mass is 16.5. The number of benzene rings is 1. The Morgan fingerprint density at radius 3 is 2.58 bits per heavy atom. The Labute approximate surface area is 180 Å². The highest BCUT2D eigenvalue weighted by Crippen LogP contribution is 2.23. The molecule has 8 heteroatoms. The first-order valence-corrected chi connectivity index (χ1v) is 10.4. The van der Waals surface area contributed by atoms with Gasteiger partial charge in [-0.2, -0.15) is 5.10 Å². The molecule has 160 valence electrons. The minimum Gasteiger partial charge on any atom is -0.494 e. The molecule has 31 heavy (non-hydrogen) atoms. The summed E-state index contributed by atoms with van der Waals surface area (Å²) in [4.78, 5) is 31.4. The largest absolute Gasteiger partial charge is 0.494 e. The molecule has 2 aromatic heterocycles.